The molecular formula is C11H17N3O3. The molecule has 0 unspecified atom stereocenters. The van der Waals surface area contributed by atoms with Crippen LogP contribution in [0, 0.1) is 11.8 Å². The Morgan fingerprint density at radius 2 is 1.47 bits per heavy atom. The van der Waals surface area contributed by atoms with Crippen molar-refractivity contribution in [2.75, 3.05) is 27.2 Å². The molecule has 2 saturated heterocycles. The van der Waals surface area contributed by atoms with Crippen molar-refractivity contribution in [2.45, 2.75) is 12.8 Å². The van der Waals surface area contributed by atoms with Crippen LogP contribution in [-0.2, 0) is 9.59 Å². The van der Waals surface area contributed by atoms with Gasteiger partial charge >= 0.3 is 6.03 Å². The SMILES string of the molecule is CN1C(=O)C(C2CCNCC2)C(=O)N(C)C1=O. The van der Waals surface area contributed by atoms with Gasteiger partial charge in [-0.2, -0.15) is 0 Å². The molecule has 0 radical (unpaired) electrons. The lowest BCUT2D eigenvalue weighted by Crippen LogP contribution is -2.59. The zero-order chi connectivity index (χ0) is 12.6. The summed E-state index contributed by atoms with van der Waals surface area (Å²) in [5, 5.41) is 3.20. The minimum Gasteiger partial charge on any atom is -0.317 e. The largest absolute Gasteiger partial charge is 0.332 e. The highest BCUT2D eigenvalue weighted by Crippen LogP contribution is 2.28. The molecular weight excluding hydrogens is 222 g/mol. The smallest absolute Gasteiger partial charge is 0.317 e. The van der Waals surface area contributed by atoms with Crippen LogP contribution in [0.4, 0.5) is 4.79 Å². The summed E-state index contributed by atoms with van der Waals surface area (Å²) in [6.07, 6.45) is 1.61. The molecule has 94 valence electrons. The molecule has 6 nitrogen and oxygen atoms in total. The number of carbonyl (C=O) groups excluding carboxylic acids is 3. The van der Waals surface area contributed by atoms with Crippen molar-refractivity contribution in [1.29, 1.82) is 0 Å². The number of rotatable bonds is 1. The first-order chi connectivity index (χ1) is 8.04. The molecule has 2 rings (SSSR count). The van der Waals surface area contributed by atoms with Gasteiger partial charge < -0.3 is 5.32 Å². The molecule has 0 aromatic rings. The van der Waals surface area contributed by atoms with E-state index in [1.165, 1.54) is 14.1 Å². The van der Waals surface area contributed by atoms with Gasteiger partial charge in [0.1, 0.15) is 5.92 Å². The van der Waals surface area contributed by atoms with Crippen LogP contribution in [0.15, 0.2) is 0 Å². The Labute approximate surface area is 99.9 Å². The van der Waals surface area contributed by atoms with Crippen molar-refractivity contribution < 1.29 is 14.4 Å². The van der Waals surface area contributed by atoms with Gasteiger partial charge in [0.15, 0.2) is 0 Å². The first kappa shape index (κ1) is 12.0. The molecule has 0 atom stereocenters. The van der Waals surface area contributed by atoms with Crippen LogP contribution < -0.4 is 5.32 Å². The van der Waals surface area contributed by atoms with E-state index in [1.54, 1.807) is 0 Å². The predicted octanol–water partition coefficient (Wildman–Crippen LogP) is -0.347. The van der Waals surface area contributed by atoms with Crippen LogP contribution in [0.2, 0.25) is 0 Å². The van der Waals surface area contributed by atoms with E-state index in [0.717, 1.165) is 35.7 Å². The van der Waals surface area contributed by atoms with Crippen molar-refractivity contribution >= 4 is 17.8 Å². The number of imide groups is 2. The molecule has 4 amide bonds. The Hall–Kier alpha value is -1.43. The van der Waals surface area contributed by atoms with Crippen LogP contribution in [0.1, 0.15) is 12.8 Å². The number of hydrogen-bond acceptors (Lipinski definition) is 4. The maximum absolute atomic E-state index is 12.0. The van der Waals surface area contributed by atoms with E-state index in [4.69, 9.17) is 0 Å². The Kier molecular flexibility index (Phi) is 3.15. The van der Waals surface area contributed by atoms with Gasteiger partial charge in [-0.1, -0.05) is 0 Å². The van der Waals surface area contributed by atoms with Crippen molar-refractivity contribution in [3.05, 3.63) is 0 Å². The lowest BCUT2D eigenvalue weighted by Gasteiger charge is -2.37. The molecule has 1 N–H and O–H groups in total. The molecule has 0 aromatic heterocycles. The third-order valence-electron chi connectivity index (χ3n) is 3.62. The summed E-state index contributed by atoms with van der Waals surface area (Å²) in [6.45, 7) is 1.65. The van der Waals surface area contributed by atoms with Crippen LogP contribution in [0.5, 0.6) is 0 Å². The van der Waals surface area contributed by atoms with E-state index in [1.807, 2.05) is 0 Å². The van der Waals surface area contributed by atoms with Crippen LogP contribution in [0.25, 0.3) is 0 Å². The molecule has 0 aromatic carbocycles. The highest BCUT2D eigenvalue weighted by atomic mass is 16.2. The zero-order valence-electron chi connectivity index (χ0n) is 10.1. The first-order valence-corrected chi connectivity index (χ1v) is 5.84. The standard InChI is InChI=1S/C11H17N3O3/c1-13-9(15)8(7-3-5-12-6-4-7)10(16)14(2)11(13)17/h7-8,12H,3-6H2,1-2H3. The van der Waals surface area contributed by atoms with E-state index >= 15 is 0 Å². The molecule has 2 aliphatic heterocycles. The minimum absolute atomic E-state index is 0.0502. The van der Waals surface area contributed by atoms with E-state index in [9.17, 15) is 14.4 Å². The Morgan fingerprint density at radius 1 is 1.00 bits per heavy atom. The lowest BCUT2D eigenvalue weighted by molar-refractivity contribution is -0.150. The monoisotopic (exact) mass is 239 g/mol. The van der Waals surface area contributed by atoms with E-state index < -0.39 is 11.9 Å². The Balaban J connectivity index is 2.22. The van der Waals surface area contributed by atoms with Crippen molar-refractivity contribution in [1.82, 2.24) is 15.1 Å². The highest BCUT2D eigenvalue weighted by Gasteiger charge is 2.46. The van der Waals surface area contributed by atoms with Crippen LogP contribution in [-0.4, -0.2) is 54.8 Å². The number of barbiturate groups is 1. The van der Waals surface area contributed by atoms with Crippen molar-refractivity contribution in [3.8, 4) is 0 Å². The molecule has 6 heteroatoms. The summed E-state index contributed by atoms with van der Waals surface area (Å²) >= 11 is 0. The van der Waals surface area contributed by atoms with Gasteiger partial charge in [-0.25, -0.2) is 4.79 Å². The fraction of sp³-hybridized carbons (Fsp3) is 0.727. The zero-order valence-corrected chi connectivity index (χ0v) is 10.1. The second kappa shape index (κ2) is 4.44. The van der Waals surface area contributed by atoms with Gasteiger partial charge in [0.05, 0.1) is 0 Å². The lowest BCUT2D eigenvalue weighted by atomic mass is 9.82. The van der Waals surface area contributed by atoms with E-state index in [0.29, 0.717) is 0 Å². The quantitative estimate of drug-likeness (QED) is 0.635. The highest BCUT2D eigenvalue weighted by molar-refractivity contribution is 6.15. The van der Waals surface area contributed by atoms with Gasteiger partial charge in [-0.3, -0.25) is 19.4 Å². The minimum atomic E-state index is -0.676. The fourth-order valence-corrected chi connectivity index (χ4v) is 2.52. The number of nitrogens with one attached hydrogen (secondary N) is 1. The third-order valence-corrected chi connectivity index (χ3v) is 3.62. The van der Waals surface area contributed by atoms with Gasteiger partial charge in [-0.05, 0) is 31.8 Å². The average Bonchev–Trinajstić information content (AvgIpc) is 2.36. The summed E-state index contributed by atoms with van der Waals surface area (Å²) in [7, 11) is 2.86. The van der Waals surface area contributed by atoms with Gasteiger partial charge in [0.25, 0.3) is 0 Å². The maximum Gasteiger partial charge on any atom is 0.332 e. The molecule has 2 fully saturated rings. The molecule has 0 bridgehead atoms. The van der Waals surface area contributed by atoms with Crippen molar-refractivity contribution in [2.24, 2.45) is 11.8 Å². The molecule has 0 saturated carbocycles. The molecule has 0 aliphatic carbocycles. The average molecular weight is 239 g/mol. The number of piperidine rings is 1. The number of amides is 4. The summed E-state index contributed by atoms with van der Waals surface area (Å²) in [5.41, 5.74) is 0. The van der Waals surface area contributed by atoms with Crippen molar-refractivity contribution in [3.63, 3.8) is 0 Å². The normalized spacial score (nSPS) is 24.7. The second-order valence-corrected chi connectivity index (χ2v) is 4.64. The Bertz CT molecular complexity index is 339. The maximum atomic E-state index is 12.0. The van der Waals surface area contributed by atoms with E-state index in [2.05, 4.69) is 5.32 Å². The first-order valence-electron chi connectivity index (χ1n) is 5.84. The van der Waals surface area contributed by atoms with Gasteiger partial charge in [0.2, 0.25) is 11.8 Å². The van der Waals surface area contributed by atoms with Gasteiger partial charge in [0, 0.05) is 14.1 Å². The predicted molar refractivity (Wildman–Crippen MR) is 60.0 cm³/mol. The molecule has 2 aliphatic rings. The number of hydrogen-bond donors (Lipinski definition) is 1. The topological polar surface area (TPSA) is 69.7 Å². The summed E-state index contributed by atoms with van der Waals surface area (Å²) < 4.78 is 0. The van der Waals surface area contributed by atoms with Gasteiger partial charge in [-0.15, -0.1) is 0 Å². The third kappa shape index (κ3) is 1.93. The molecule has 2 heterocycles. The van der Waals surface area contributed by atoms with Crippen LogP contribution >= 0.6 is 0 Å². The van der Waals surface area contributed by atoms with E-state index in [-0.39, 0.29) is 17.7 Å². The van der Waals surface area contributed by atoms with Crippen LogP contribution in [0.3, 0.4) is 0 Å². The number of carbonyl (C=O) groups is 3. The summed E-state index contributed by atoms with van der Waals surface area (Å²) in [4.78, 5) is 37.7. The number of nitrogens with zero attached hydrogens (tertiary/aromatic N) is 2. The Morgan fingerprint density at radius 3 is 1.94 bits per heavy atom. The molecule has 17 heavy (non-hydrogen) atoms. The summed E-state index contributed by atoms with van der Waals surface area (Å²) in [5.74, 6) is -1.34. The summed E-state index contributed by atoms with van der Waals surface area (Å²) in [6, 6.07) is -0.537. The number of urea groups is 1. The molecule has 0 spiro atoms. The second-order valence-electron chi connectivity index (χ2n) is 4.64. The fourth-order valence-electron chi connectivity index (χ4n) is 2.52.